The maximum Gasteiger partial charge on any atom is 0.231 e. The van der Waals surface area contributed by atoms with Crippen molar-refractivity contribution in [1.29, 1.82) is 0 Å². The van der Waals surface area contributed by atoms with Crippen LogP contribution in [0.2, 0.25) is 0 Å². The first-order valence-corrected chi connectivity index (χ1v) is 6.33. The van der Waals surface area contributed by atoms with Gasteiger partial charge in [-0.1, -0.05) is 0 Å². The molecular formula is C9H10BrN5OS. The summed E-state index contributed by atoms with van der Waals surface area (Å²) in [4.78, 5) is 8.41. The molecule has 90 valence electrons. The lowest BCUT2D eigenvalue weighted by Gasteiger charge is -2.04. The number of aromatic nitrogens is 5. The number of ether oxygens (including phenoxy) is 1. The van der Waals surface area contributed by atoms with Crippen LogP contribution in [0.1, 0.15) is 5.82 Å². The highest BCUT2D eigenvalue weighted by Crippen LogP contribution is 2.27. The fourth-order valence-electron chi connectivity index (χ4n) is 1.09. The first-order valence-electron chi connectivity index (χ1n) is 4.72. The van der Waals surface area contributed by atoms with Crippen LogP contribution in [-0.4, -0.2) is 31.8 Å². The molecule has 0 unspecified atom stereocenters. The quantitative estimate of drug-likeness (QED) is 0.805. The number of hydrogen-bond acceptors (Lipinski definition) is 6. The molecule has 0 bridgehead atoms. The summed E-state index contributed by atoms with van der Waals surface area (Å²) in [5.41, 5.74) is 0. The molecule has 2 heterocycles. The monoisotopic (exact) mass is 315 g/mol. The number of nitrogens with zero attached hydrogens (tertiary/aromatic N) is 5. The van der Waals surface area contributed by atoms with Gasteiger partial charge < -0.3 is 9.30 Å². The average molecular weight is 316 g/mol. The van der Waals surface area contributed by atoms with E-state index in [2.05, 4.69) is 36.1 Å². The minimum Gasteiger partial charge on any atom is -0.480 e. The number of rotatable bonds is 3. The molecule has 0 aliphatic carbocycles. The predicted molar refractivity (Wildman–Crippen MR) is 66.1 cm³/mol. The van der Waals surface area contributed by atoms with Gasteiger partial charge in [-0.05, 0) is 34.6 Å². The zero-order chi connectivity index (χ0) is 12.4. The first-order chi connectivity index (χ1) is 8.11. The zero-order valence-electron chi connectivity index (χ0n) is 9.51. The van der Waals surface area contributed by atoms with Crippen LogP contribution in [0.5, 0.6) is 5.88 Å². The van der Waals surface area contributed by atoms with Crippen molar-refractivity contribution in [3.05, 3.63) is 16.5 Å². The highest BCUT2D eigenvalue weighted by molar-refractivity contribution is 9.10. The Balaban J connectivity index is 2.27. The summed E-state index contributed by atoms with van der Waals surface area (Å²) in [5.74, 6) is 1.35. The Bertz CT molecular complexity index is 544. The van der Waals surface area contributed by atoms with Crippen LogP contribution in [0.25, 0.3) is 0 Å². The molecule has 6 nitrogen and oxygen atoms in total. The van der Waals surface area contributed by atoms with Crippen molar-refractivity contribution >= 4 is 27.7 Å². The van der Waals surface area contributed by atoms with Crippen molar-refractivity contribution in [2.45, 2.75) is 17.2 Å². The van der Waals surface area contributed by atoms with Gasteiger partial charge in [-0.15, -0.1) is 10.2 Å². The summed E-state index contributed by atoms with van der Waals surface area (Å²) in [6.45, 7) is 1.89. The minimum absolute atomic E-state index is 0.501. The molecule has 0 amide bonds. The normalized spacial score (nSPS) is 10.6. The molecule has 0 aromatic carbocycles. The lowest BCUT2D eigenvalue weighted by molar-refractivity contribution is 0.389. The van der Waals surface area contributed by atoms with E-state index >= 15 is 0 Å². The van der Waals surface area contributed by atoms with Crippen LogP contribution in [0.15, 0.2) is 21.0 Å². The van der Waals surface area contributed by atoms with Gasteiger partial charge in [0, 0.05) is 13.2 Å². The predicted octanol–water partition coefficient (Wildman–Crippen LogP) is 1.84. The fraction of sp³-hybridized carbons (Fsp3) is 0.333. The Labute approximate surface area is 111 Å². The summed E-state index contributed by atoms with van der Waals surface area (Å²) in [6.07, 6.45) is 1.65. The van der Waals surface area contributed by atoms with E-state index in [-0.39, 0.29) is 0 Å². The van der Waals surface area contributed by atoms with E-state index < -0.39 is 0 Å². The first kappa shape index (κ1) is 12.3. The zero-order valence-corrected chi connectivity index (χ0v) is 11.9. The second-order valence-corrected chi connectivity index (χ2v) is 4.99. The Morgan fingerprint density at radius 1 is 1.41 bits per heavy atom. The molecule has 0 aliphatic heterocycles. The van der Waals surface area contributed by atoms with E-state index in [0.29, 0.717) is 11.0 Å². The third kappa shape index (κ3) is 2.58. The Kier molecular flexibility index (Phi) is 3.63. The number of hydrogen-bond donors (Lipinski definition) is 0. The third-order valence-electron chi connectivity index (χ3n) is 2.12. The van der Waals surface area contributed by atoms with Crippen LogP contribution in [-0.2, 0) is 7.05 Å². The SMILES string of the molecule is COc1nc(Sc2nnc(C)n2C)ncc1Br. The second kappa shape index (κ2) is 5.01. The molecule has 0 saturated heterocycles. The molecule has 2 rings (SSSR count). The molecule has 2 aromatic rings. The van der Waals surface area contributed by atoms with Crippen LogP contribution in [0.3, 0.4) is 0 Å². The van der Waals surface area contributed by atoms with Gasteiger partial charge in [-0.25, -0.2) is 4.98 Å². The summed E-state index contributed by atoms with van der Waals surface area (Å²) in [6, 6.07) is 0. The topological polar surface area (TPSA) is 65.7 Å². The largest absolute Gasteiger partial charge is 0.480 e. The third-order valence-corrected chi connectivity index (χ3v) is 3.58. The molecule has 8 heteroatoms. The van der Waals surface area contributed by atoms with Gasteiger partial charge in [0.2, 0.25) is 5.88 Å². The van der Waals surface area contributed by atoms with Crippen molar-refractivity contribution in [3.8, 4) is 5.88 Å². The Morgan fingerprint density at radius 2 is 2.18 bits per heavy atom. The summed E-state index contributed by atoms with van der Waals surface area (Å²) < 4.78 is 7.70. The molecule has 0 N–H and O–H groups in total. The number of aryl methyl sites for hydroxylation is 1. The van der Waals surface area contributed by atoms with Crippen molar-refractivity contribution in [2.24, 2.45) is 7.05 Å². The minimum atomic E-state index is 0.501. The van der Waals surface area contributed by atoms with Gasteiger partial charge in [-0.2, -0.15) is 4.98 Å². The molecule has 0 saturated carbocycles. The van der Waals surface area contributed by atoms with E-state index in [0.717, 1.165) is 15.5 Å². The van der Waals surface area contributed by atoms with Gasteiger partial charge in [-0.3, -0.25) is 0 Å². The molecule has 0 radical (unpaired) electrons. The Morgan fingerprint density at radius 3 is 2.76 bits per heavy atom. The maximum absolute atomic E-state index is 5.10. The van der Waals surface area contributed by atoms with Crippen LogP contribution in [0.4, 0.5) is 0 Å². The van der Waals surface area contributed by atoms with Crippen LogP contribution < -0.4 is 4.74 Å². The van der Waals surface area contributed by atoms with Gasteiger partial charge in [0.25, 0.3) is 0 Å². The molecule has 0 fully saturated rings. The molecule has 0 aliphatic rings. The lowest BCUT2D eigenvalue weighted by atomic mass is 10.6. The smallest absolute Gasteiger partial charge is 0.231 e. The van der Waals surface area contributed by atoms with Crippen LogP contribution >= 0.6 is 27.7 Å². The van der Waals surface area contributed by atoms with Crippen molar-refractivity contribution in [1.82, 2.24) is 24.7 Å². The van der Waals surface area contributed by atoms with Crippen LogP contribution in [0, 0.1) is 6.92 Å². The van der Waals surface area contributed by atoms with Gasteiger partial charge in [0.05, 0.1) is 11.6 Å². The van der Waals surface area contributed by atoms with Crippen molar-refractivity contribution in [2.75, 3.05) is 7.11 Å². The fourth-order valence-corrected chi connectivity index (χ4v) is 2.19. The Hall–Kier alpha value is -1.15. The molecule has 0 atom stereocenters. The summed E-state index contributed by atoms with van der Waals surface area (Å²) in [5, 5.41) is 9.31. The number of halogens is 1. The van der Waals surface area contributed by atoms with E-state index in [1.54, 1.807) is 13.3 Å². The summed E-state index contributed by atoms with van der Waals surface area (Å²) in [7, 11) is 3.46. The molecule has 0 spiro atoms. The van der Waals surface area contributed by atoms with E-state index in [1.807, 2.05) is 18.5 Å². The lowest BCUT2D eigenvalue weighted by Crippen LogP contribution is -1.96. The van der Waals surface area contributed by atoms with Crippen molar-refractivity contribution < 1.29 is 4.74 Å². The average Bonchev–Trinajstić information content (AvgIpc) is 2.63. The molecular weight excluding hydrogens is 306 g/mol. The van der Waals surface area contributed by atoms with E-state index in [1.165, 1.54) is 11.8 Å². The van der Waals surface area contributed by atoms with Gasteiger partial charge in [0.1, 0.15) is 5.82 Å². The standard InChI is InChI=1S/C9H10BrN5OS/c1-5-13-14-9(15(5)2)17-8-11-4-6(10)7(12-8)16-3/h4H,1-3H3. The molecule has 2 aromatic heterocycles. The molecule has 17 heavy (non-hydrogen) atoms. The maximum atomic E-state index is 5.10. The second-order valence-electron chi connectivity index (χ2n) is 3.20. The van der Waals surface area contributed by atoms with E-state index in [4.69, 9.17) is 4.74 Å². The highest BCUT2D eigenvalue weighted by Gasteiger charge is 2.11. The van der Waals surface area contributed by atoms with E-state index in [9.17, 15) is 0 Å². The highest BCUT2D eigenvalue weighted by atomic mass is 79.9. The summed E-state index contributed by atoms with van der Waals surface area (Å²) >= 11 is 4.64. The van der Waals surface area contributed by atoms with Gasteiger partial charge in [0.15, 0.2) is 10.3 Å². The van der Waals surface area contributed by atoms with Crippen molar-refractivity contribution in [3.63, 3.8) is 0 Å². The number of methoxy groups -OCH3 is 1. The van der Waals surface area contributed by atoms with Gasteiger partial charge >= 0.3 is 0 Å².